The fourth-order valence-corrected chi connectivity index (χ4v) is 2.85. The molecule has 4 rings (SSSR count). The fraction of sp³-hybridized carbons (Fsp3) is 0. The Morgan fingerprint density at radius 2 is 1.26 bits per heavy atom. The minimum absolute atomic E-state index is 0.812. The second-order valence-corrected chi connectivity index (χ2v) is 4.93. The quantitative estimate of drug-likeness (QED) is 0.350. The molecule has 0 aliphatic rings. The maximum Gasteiger partial charge on any atom is 0.0320 e. The average molecular weight is 243 g/mol. The molecule has 90 valence electrons. The summed E-state index contributed by atoms with van der Waals surface area (Å²) in [6, 6.07) is 23.3. The largest absolute Gasteiger partial charge is 0.399 e. The second kappa shape index (κ2) is 3.72. The van der Waals surface area contributed by atoms with Crippen molar-refractivity contribution in [3.63, 3.8) is 0 Å². The molecule has 0 heterocycles. The van der Waals surface area contributed by atoms with Crippen molar-refractivity contribution in [2.75, 3.05) is 5.73 Å². The Kier molecular flexibility index (Phi) is 2.04. The van der Waals surface area contributed by atoms with Crippen LogP contribution in [-0.2, 0) is 0 Å². The van der Waals surface area contributed by atoms with Crippen LogP contribution in [-0.4, -0.2) is 0 Å². The summed E-state index contributed by atoms with van der Waals surface area (Å²) in [7, 11) is 0. The number of nitrogen functional groups attached to an aromatic ring is 1. The lowest BCUT2D eigenvalue weighted by Gasteiger charge is -2.08. The zero-order chi connectivity index (χ0) is 12.8. The standard InChI is InChI=1S/C18H13N/c19-15-9-10-17-14(11-15)8-7-13-6-5-12-3-1-2-4-16(12)18(13)17/h1-11H,19H2. The Morgan fingerprint density at radius 3 is 2.16 bits per heavy atom. The van der Waals surface area contributed by atoms with Gasteiger partial charge in [0.1, 0.15) is 0 Å². The van der Waals surface area contributed by atoms with Gasteiger partial charge in [0, 0.05) is 5.69 Å². The molecule has 0 aliphatic carbocycles. The molecule has 1 nitrogen and oxygen atoms in total. The van der Waals surface area contributed by atoms with Gasteiger partial charge in [-0.3, -0.25) is 0 Å². The molecule has 0 saturated carbocycles. The highest BCUT2D eigenvalue weighted by atomic mass is 14.5. The summed E-state index contributed by atoms with van der Waals surface area (Å²) in [5.74, 6) is 0. The van der Waals surface area contributed by atoms with E-state index in [1.807, 2.05) is 12.1 Å². The predicted octanol–water partition coefficient (Wildman–Crippen LogP) is 4.73. The minimum atomic E-state index is 0.812. The van der Waals surface area contributed by atoms with Gasteiger partial charge in [0.15, 0.2) is 0 Å². The molecule has 0 fully saturated rings. The highest BCUT2D eigenvalue weighted by Crippen LogP contribution is 2.32. The van der Waals surface area contributed by atoms with Crippen LogP contribution in [0.3, 0.4) is 0 Å². The van der Waals surface area contributed by atoms with E-state index >= 15 is 0 Å². The van der Waals surface area contributed by atoms with Crippen LogP contribution in [0.15, 0.2) is 66.7 Å². The van der Waals surface area contributed by atoms with E-state index in [4.69, 9.17) is 5.73 Å². The number of nitrogens with two attached hydrogens (primary N) is 1. The molecule has 1 heteroatoms. The number of hydrogen-bond acceptors (Lipinski definition) is 1. The summed E-state index contributed by atoms with van der Waals surface area (Å²) in [5, 5.41) is 7.63. The van der Waals surface area contributed by atoms with Gasteiger partial charge in [0.25, 0.3) is 0 Å². The van der Waals surface area contributed by atoms with Crippen molar-refractivity contribution in [3.05, 3.63) is 66.7 Å². The van der Waals surface area contributed by atoms with E-state index in [2.05, 4.69) is 54.6 Å². The van der Waals surface area contributed by atoms with Gasteiger partial charge in [0.05, 0.1) is 0 Å². The highest BCUT2D eigenvalue weighted by molar-refractivity contribution is 6.20. The molecule has 4 aromatic carbocycles. The maximum absolute atomic E-state index is 5.88. The molecule has 0 bridgehead atoms. The Bertz CT molecular complexity index is 922. The third kappa shape index (κ3) is 1.48. The molecule has 0 spiro atoms. The fourth-order valence-electron chi connectivity index (χ4n) is 2.85. The van der Waals surface area contributed by atoms with Crippen LogP contribution in [0.25, 0.3) is 32.3 Å². The minimum Gasteiger partial charge on any atom is -0.399 e. The lowest BCUT2D eigenvalue weighted by Crippen LogP contribution is -1.85. The number of fused-ring (bicyclic) bond motifs is 5. The van der Waals surface area contributed by atoms with Crippen LogP contribution >= 0.6 is 0 Å². The van der Waals surface area contributed by atoms with E-state index in [1.54, 1.807) is 0 Å². The van der Waals surface area contributed by atoms with Gasteiger partial charge in [-0.05, 0) is 44.5 Å². The van der Waals surface area contributed by atoms with Crippen LogP contribution in [0.1, 0.15) is 0 Å². The SMILES string of the molecule is Nc1ccc2c(ccc3ccc4ccccc4c32)c1. The third-order valence-corrected chi connectivity index (χ3v) is 3.75. The Balaban J connectivity index is 2.33. The molecule has 0 aliphatic heterocycles. The molecule has 2 N–H and O–H groups in total. The lowest BCUT2D eigenvalue weighted by molar-refractivity contribution is 1.75. The molecule has 0 atom stereocenters. The third-order valence-electron chi connectivity index (χ3n) is 3.75. The first kappa shape index (κ1) is 10.4. The van der Waals surface area contributed by atoms with E-state index < -0.39 is 0 Å². The van der Waals surface area contributed by atoms with Crippen LogP contribution in [0.5, 0.6) is 0 Å². The van der Waals surface area contributed by atoms with Gasteiger partial charge in [-0.15, -0.1) is 0 Å². The number of anilines is 1. The first-order valence-corrected chi connectivity index (χ1v) is 6.43. The van der Waals surface area contributed by atoms with Gasteiger partial charge in [-0.2, -0.15) is 0 Å². The predicted molar refractivity (Wildman–Crippen MR) is 83.4 cm³/mol. The summed E-state index contributed by atoms with van der Waals surface area (Å²) < 4.78 is 0. The van der Waals surface area contributed by atoms with Gasteiger partial charge in [-0.1, -0.05) is 54.6 Å². The monoisotopic (exact) mass is 243 g/mol. The zero-order valence-electron chi connectivity index (χ0n) is 10.4. The van der Waals surface area contributed by atoms with Crippen molar-refractivity contribution in [2.24, 2.45) is 0 Å². The summed E-state index contributed by atoms with van der Waals surface area (Å²) in [4.78, 5) is 0. The van der Waals surface area contributed by atoms with E-state index in [9.17, 15) is 0 Å². The number of rotatable bonds is 0. The number of hydrogen-bond donors (Lipinski definition) is 1. The molecule has 0 amide bonds. The maximum atomic E-state index is 5.88. The van der Waals surface area contributed by atoms with Gasteiger partial charge in [0.2, 0.25) is 0 Å². The van der Waals surface area contributed by atoms with Gasteiger partial charge in [-0.25, -0.2) is 0 Å². The molecule has 0 unspecified atom stereocenters. The molecule has 4 aromatic rings. The van der Waals surface area contributed by atoms with Gasteiger partial charge >= 0.3 is 0 Å². The smallest absolute Gasteiger partial charge is 0.0320 e. The summed E-state index contributed by atoms with van der Waals surface area (Å²) in [6.45, 7) is 0. The topological polar surface area (TPSA) is 26.0 Å². The second-order valence-electron chi connectivity index (χ2n) is 4.93. The van der Waals surface area contributed by atoms with E-state index in [0.717, 1.165) is 5.69 Å². The van der Waals surface area contributed by atoms with Crippen molar-refractivity contribution in [2.45, 2.75) is 0 Å². The van der Waals surface area contributed by atoms with Crippen molar-refractivity contribution < 1.29 is 0 Å². The first-order valence-electron chi connectivity index (χ1n) is 6.43. The molecular formula is C18H13N. The first-order chi connectivity index (χ1) is 9.33. The average Bonchev–Trinajstić information content (AvgIpc) is 2.46. The Hall–Kier alpha value is -2.54. The normalized spacial score (nSPS) is 11.4. The molecule has 19 heavy (non-hydrogen) atoms. The zero-order valence-corrected chi connectivity index (χ0v) is 10.4. The Labute approximate surface area is 111 Å². The summed E-state index contributed by atoms with van der Waals surface area (Å²) in [6.07, 6.45) is 0. The molecular weight excluding hydrogens is 230 g/mol. The van der Waals surface area contributed by atoms with E-state index in [0.29, 0.717) is 0 Å². The van der Waals surface area contributed by atoms with Crippen LogP contribution in [0.2, 0.25) is 0 Å². The van der Waals surface area contributed by atoms with Crippen molar-refractivity contribution in [3.8, 4) is 0 Å². The van der Waals surface area contributed by atoms with Gasteiger partial charge < -0.3 is 5.73 Å². The van der Waals surface area contributed by atoms with E-state index in [-0.39, 0.29) is 0 Å². The number of benzene rings is 4. The van der Waals surface area contributed by atoms with Crippen molar-refractivity contribution in [1.82, 2.24) is 0 Å². The Morgan fingerprint density at radius 1 is 0.579 bits per heavy atom. The van der Waals surface area contributed by atoms with Crippen molar-refractivity contribution >= 4 is 38.0 Å². The van der Waals surface area contributed by atoms with Crippen LogP contribution in [0.4, 0.5) is 5.69 Å². The van der Waals surface area contributed by atoms with E-state index in [1.165, 1.54) is 32.3 Å². The summed E-state index contributed by atoms with van der Waals surface area (Å²) >= 11 is 0. The lowest BCUT2D eigenvalue weighted by atomic mass is 9.96. The highest BCUT2D eigenvalue weighted by Gasteiger charge is 2.04. The van der Waals surface area contributed by atoms with Crippen LogP contribution < -0.4 is 5.73 Å². The molecule has 0 aromatic heterocycles. The molecule has 0 saturated heterocycles. The molecule has 0 radical (unpaired) electrons. The summed E-state index contributed by atoms with van der Waals surface area (Å²) in [5.41, 5.74) is 6.69. The van der Waals surface area contributed by atoms with Crippen molar-refractivity contribution in [1.29, 1.82) is 0 Å². The van der Waals surface area contributed by atoms with Crippen LogP contribution in [0, 0.1) is 0 Å².